The van der Waals surface area contributed by atoms with E-state index in [9.17, 15) is 9.18 Å². The number of carbonyl (C=O) groups excluding carboxylic acids is 1. The van der Waals surface area contributed by atoms with Gasteiger partial charge in [0.2, 0.25) is 0 Å². The van der Waals surface area contributed by atoms with Gasteiger partial charge in [0.05, 0.1) is 15.7 Å². The molecule has 3 rings (SSSR count). The molecule has 150 valence electrons. The molecule has 1 amide bonds. The predicted octanol–water partition coefficient (Wildman–Crippen LogP) is 5.33. The van der Waals surface area contributed by atoms with Crippen molar-refractivity contribution in [3.63, 3.8) is 0 Å². The normalized spacial score (nSPS) is 10.4. The molecule has 1 heterocycles. The average molecular weight is 411 g/mol. The van der Waals surface area contributed by atoms with Crippen LogP contribution in [0, 0.1) is 17.7 Å². The Balaban J connectivity index is 1.55. The summed E-state index contributed by atoms with van der Waals surface area (Å²) in [6.07, 6.45) is 4.23. The first-order valence-corrected chi connectivity index (χ1v) is 10.5. The fourth-order valence-electron chi connectivity index (χ4n) is 2.79. The summed E-state index contributed by atoms with van der Waals surface area (Å²) < 4.78 is 21.0. The Hall–Kier alpha value is -2.91. The Morgan fingerprint density at radius 3 is 3.00 bits per heavy atom. The van der Waals surface area contributed by atoms with Gasteiger partial charge in [0.25, 0.3) is 5.91 Å². The first-order chi connectivity index (χ1) is 14.2. The van der Waals surface area contributed by atoms with Crippen LogP contribution in [0.2, 0.25) is 0 Å². The number of hydrogen-bond acceptors (Lipinski definition) is 4. The maximum Gasteiger partial charge on any atom is 0.251 e. The van der Waals surface area contributed by atoms with Gasteiger partial charge < -0.3 is 10.1 Å². The molecule has 0 aliphatic heterocycles. The second-order valence-corrected chi connectivity index (χ2v) is 7.43. The number of halogens is 1. The summed E-state index contributed by atoms with van der Waals surface area (Å²) in [5, 5.41) is 2.76. The van der Waals surface area contributed by atoms with Crippen LogP contribution in [0.25, 0.3) is 10.2 Å². The highest BCUT2D eigenvalue weighted by atomic mass is 32.1. The minimum absolute atomic E-state index is 0.0747. The Morgan fingerprint density at radius 2 is 2.14 bits per heavy atom. The lowest BCUT2D eigenvalue weighted by Crippen LogP contribution is -2.23. The van der Waals surface area contributed by atoms with Crippen LogP contribution in [0.3, 0.4) is 0 Å². The van der Waals surface area contributed by atoms with E-state index in [4.69, 9.17) is 4.74 Å². The molecule has 0 atom stereocenters. The van der Waals surface area contributed by atoms with Gasteiger partial charge in [-0.05, 0) is 30.7 Å². The zero-order chi connectivity index (χ0) is 20.5. The molecular weight excluding hydrogens is 387 g/mol. The van der Waals surface area contributed by atoms with Crippen molar-refractivity contribution >= 4 is 27.5 Å². The molecule has 0 bridgehead atoms. The molecule has 0 unspecified atom stereocenters. The van der Waals surface area contributed by atoms with Crippen LogP contribution in [-0.2, 0) is 6.54 Å². The molecule has 4 nitrogen and oxygen atoms in total. The third-order valence-corrected chi connectivity index (χ3v) is 5.20. The molecular formula is C23H23FN2O2S. The molecule has 1 N–H and O–H groups in total. The van der Waals surface area contributed by atoms with E-state index in [1.807, 2.05) is 0 Å². The van der Waals surface area contributed by atoms with Crippen molar-refractivity contribution in [1.82, 2.24) is 10.3 Å². The monoisotopic (exact) mass is 410 g/mol. The van der Waals surface area contributed by atoms with E-state index in [2.05, 4.69) is 29.1 Å². The van der Waals surface area contributed by atoms with Crippen molar-refractivity contribution < 1.29 is 13.9 Å². The van der Waals surface area contributed by atoms with Crippen molar-refractivity contribution in [2.75, 3.05) is 6.61 Å². The van der Waals surface area contributed by atoms with E-state index in [0.29, 0.717) is 11.1 Å². The second kappa shape index (κ2) is 10.6. The van der Waals surface area contributed by atoms with Crippen molar-refractivity contribution in [2.45, 2.75) is 39.2 Å². The van der Waals surface area contributed by atoms with Crippen LogP contribution >= 0.6 is 11.3 Å². The summed E-state index contributed by atoms with van der Waals surface area (Å²) >= 11 is 1.47. The molecule has 6 heteroatoms. The zero-order valence-corrected chi connectivity index (χ0v) is 17.2. The van der Waals surface area contributed by atoms with Gasteiger partial charge in [-0.15, -0.1) is 11.3 Å². The van der Waals surface area contributed by atoms with E-state index in [-0.39, 0.29) is 24.8 Å². The van der Waals surface area contributed by atoms with Gasteiger partial charge in [0.1, 0.15) is 6.61 Å². The zero-order valence-electron chi connectivity index (χ0n) is 16.3. The number of hydrogen-bond donors (Lipinski definition) is 1. The number of ether oxygens (including phenoxy) is 1. The molecule has 0 saturated carbocycles. The number of fused-ring (bicyclic) bond motifs is 1. The number of carbonyl (C=O) groups is 1. The van der Waals surface area contributed by atoms with Crippen LogP contribution in [0.15, 0.2) is 41.9 Å². The minimum Gasteiger partial charge on any atom is -0.478 e. The number of benzene rings is 2. The van der Waals surface area contributed by atoms with Gasteiger partial charge in [0, 0.05) is 24.1 Å². The van der Waals surface area contributed by atoms with Gasteiger partial charge >= 0.3 is 0 Å². The van der Waals surface area contributed by atoms with E-state index >= 15 is 0 Å². The van der Waals surface area contributed by atoms with Gasteiger partial charge in [-0.1, -0.05) is 43.7 Å². The predicted molar refractivity (Wildman–Crippen MR) is 115 cm³/mol. The smallest absolute Gasteiger partial charge is 0.251 e. The quantitative estimate of drug-likeness (QED) is 0.403. The molecule has 29 heavy (non-hydrogen) atoms. The lowest BCUT2D eigenvalue weighted by Gasteiger charge is -2.10. The molecule has 0 fully saturated rings. The highest BCUT2D eigenvalue weighted by Crippen LogP contribution is 2.21. The molecule has 0 aliphatic rings. The summed E-state index contributed by atoms with van der Waals surface area (Å²) in [5.41, 5.74) is 3.48. The summed E-state index contributed by atoms with van der Waals surface area (Å²) in [7, 11) is 0. The lowest BCUT2D eigenvalue weighted by atomic mass is 10.1. The maximum atomic E-state index is 14.6. The van der Waals surface area contributed by atoms with Crippen LogP contribution in [0.5, 0.6) is 5.75 Å². The summed E-state index contributed by atoms with van der Waals surface area (Å²) in [6.45, 7) is 2.37. The van der Waals surface area contributed by atoms with Crippen LogP contribution in [0.4, 0.5) is 4.39 Å². The number of nitrogens with one attached hydrogen (secondary N) is 1. The Bertz CT molecular complexity index is 1040. The number of amides is 1. The number of aromatic nitrogens is 1. The first-order valence-electron chi connectivity index (χ1n) is 9.66. The summed E-state index contributed by atoms with van der Waals surface area (Å²) in [4.78, 5) is 16.6. The Kier molecular flexibility index (Phi) is 7.60. The third kappa shape index (κ3) is 5.78. The highest BCUT2D eigenvalue weighted by Gasteiger charge is 2.12. The number of unbranched alkanes of at least 4 members (excludes halogenated alkanes) is 3. The van der Waals surface area contributed by atoms with Gasteiger partial charge in [-0.3, -0.25) is 4.79 Å². The SMILES string of the molecule is CCCCCC#CCOc1cccc(CNC(=O)c2ccc3ncsc3c2)c1F. The van der Waals surface area contributed by atoms with Gasteiger partial charge in [-0.2, -0.15) is 0 Å². The number of nitrogens with zero attached hydrogens (tertiary/aromatic N) is 1. The largest absolute Gasteiger partial charge is 0.478 e. The van der Waals surface area contributed by atoms with Crippen molar-refractivity contribution in [1.29, 1.82) is 0 Å². The topological polar surface area (TPSA) is 51.2 Å². The van der Waals surface area contributed by atoms with Gasteiger partial charge in [0.15, 0.2) is 11.6 Å². The molecule has 0 saturated heterocycles. The van der Waals surface area contributed by atoms with E-state index in [1.165, 1.54) is 11.3 Å². The van der Waals surface area contributed by atoms with Crippen molar-refractivity contribution in [3.05, 3.63) is 58.9 Å². The fraction of sp³-hybridized carbons (Fsp3) is 0.304. The molecule has 0 spiro atoms. The molecule has 0 aliphatic carbocycles. The number of thiazole rings is 1. The Morgan fingerprint density at radius 1 is 1.24 bits per heavy atom. The van der Waals surface area contributed by atoms with Crippen LogP contribution in [0.1, 0.15) is 48.5 Å². The lowest BCUT2D eigenvalue weighted by molar-refractivity contribution is 0.0950. The molecule has 3 aromatic rings. The van der Waals surface area contributed by atoms with Gasteiger partial charge in [-0.25, -0.2) is 9.37 Å². The maximum absolute atomic E-state index is 14.6. The first kappa shape index (κ1) is 20.8. The molecule has 2 aromatic carbocycles. The van der Waals surface area contributed by atoms with Crippen molar-refractivity contribution in [2.24, 2.45) is 0 Å². The van der Waals surface area contributed by atoms with Crippen LogP contribution < -0.4 is 10.1 Å². The molecule has 0 radical (unpaired) electrons. The van der Waals surface area contributed by atoms with E-state index in [0.717, 1.165) is 35.9 Å². The third-order valence-electron chi connectivity index (χ3n) is 4.41. The summed E-state index contributed by atoms with van der Waals surface area (Å²) in [6, 6.07) is 10.2. The van der Waals surface area contributed by atoms with Crippen molar-refractivity contribution in [3.8, 4) is 17.6 Å². The minimum atomic E-state index is -0.474. The Labute approximate surface area is 174 Å². The standard InChI is InChI=1S/C23H23FN2O2S/c1-2-3-4-5-6-7-13-28-20-10-8-9-18(22(20)24)15-25-23(27)17-11-12-19-21(14-17)29-16-26-19/h8-12,14,16H,2-5,13,15H2,1H3,(H,25,27). The number of rotatable bonds is 8. The van der Waals surface area contributed by atoms with E-state index in [1.54, 1.807) is 41.9 Å². The molecule has 1 aromatic heterocycles. The fourth-order valence-corrected chi connectivity index (χ4v) is 3.51. The highest BCUT2D eigenvalue weighted by molar-refractivity contribution is 7.16. The van der Waals surface area contributed by atoms with E-state index < -0.39 is 5.82 Å². The summed E-state index contributed by atoms with van der Waals surface area (Å²) in [5.74, 6) is 5.36. The average Bonchev–Trinajstić information content (AvgIpc) is 3.21. The van der Waals surface area contributed by atoms with Crippen LogP contribution in [-0.4, -0.2) is 17.5 Å². The second-order valence-electron chi connectivity index (χ2n) is 6.55.